The molecular weight excluding hydrogens is 302 g/mol. The number of pyridine rings is 1. The lowest BCUT2D eigenvalue weighted by molar-refractivity contribution is -0.129. The fourth-order valence-corrected chi connectivity index (χ4v) is 3.40. The van der Waals surface area contributed by atoms with Gasteiger partial charge in [-0.1, -0.05) is 6.07 Å². The molecule has 2 aromatic rings. The zero-order valence-corrected chi connectivity index (χ0v) is 14.4. The molecule has 1 aromatic heterocycles. The van der Waals surface area contributed by atoms with E-state index < -0.39 is 5.41 Å². The molecule has 1 aliphatic heterocycles. The molecule has 1 fully saturated rings. The first kappa shape index (κ1) is 16.7. The molecule has 3 rings (SSSR count). The molecule has 1 amide bonds. The second-order valence-corrected chi connectivity index (χ2v) is 6.83. The molecule has 0 spiro atoms. The minimum Gasteiger partial charge on any atom is -0.494 e. The molecule has 0 aliphatic carbocycles. The Morgan fingerprint density at radius 3 is 2.96 bits per heavy atom. The van der Waals surface area contributed by atoms with Gasteiger partial charge < -0.3 is 10.5 Å². The summed E-state index contributed by atoms with van der Waals surface area (Å²) in [5.41, 5.74) is 7.13. The first-order valence-electron chi connectivity index (χ1n) is 8.55. The van der Waals surface area contributed by atoms with E-state index in [1.54, 1.807) is 0 Å². The number of benzene rings is 1. The molecule has 1 aromatic carbocycles. The van der Waals surface area contributed by atoms with E-state index in [1.807, 2.05) is 38.1 Å². The third-order valence-corrected chi connectivity index (χ3v) is 4.79. The SMILES string of the molecule is CCOc1ccc2nc(CN3CCC[C@](C)(C(N)=O)C3)ccc2c1. The molecule has 1 saturated heterocycles. The van der Waals surface area contributed by atoms with Gasteiger partial charge in [-0.2, -0.15) is 0 Å². The number of fused-ring (bicyclic) bond motifs is 1. The Hall–Kier alpha value is -2.14. The van der Waals surface area contributed by atoms with Crippen LogP contribution >= 0.6 is 0 Å². The lowest BCUT2D eigenvalue weighted by atomic mass is 9.81. The molecule has 0 radical (unpaired) electrons. The van der Waals surface area contributed by atoms with Crippen LogP contribution in [0.25, 0.3) is 10.9 Å². The first-order chi connectivity index (χ1) is 11.5. The van der Waals surface area contributed by atoms with E-state index in [1.165, 1.54) is 0 Å². The number of carbonyl (C=O) groups excluding carboxylic acids is 1. The highest BCUT2D eigenvalue weighted by molar-refractivity contribution is 5.81. The van der Waals surface area contributed by atoms with Crippen molar-refractivity contribution in [3.05, 3.63) is 36.0 Å². The fraction of sp³-hybridized carbons (Fsp3) is 0.474. The van der Waals surface area contributed by atoms with E-state index in [0.717, 1.165) is 48.3 Å². The number of likely N-dealkylation sites (tertiary alicyclic amines) is 1. The number of primary amides is 1. The summed E-state index contributed by atoms with van der Waals surface area (Å²) in [4.78, 5) is 18.7. The molecule has 2 heterocycles. The summed E-state index contributed by atoms with van der Waals surface area (Å²) >= 11 is 0. The maximum absolute atomic E-state index is 11.7. The molecule has 5 nitrogen and oxygen atoms in total. The largest absolute Gasteiger partial charge is 0.494 e. The molecule has 128 valence electrons. The van der Waals surface area contributed by atoms with Gasteiger partial charge in [0, 0.05) is 18.5 Å². The van der Waals surface area contributed by atoms with Crippen LogP contribution in [0.4, 0.5) is 0 Å². The number of carbonyl (C=O) groups is 1. The molecule has 0 bridgehead atoms. The number of nitrogens with zero attached hydrogens (tertiary/aromatic N) is 2. The molecule has 5 heteroatoms. The van der Waals surface area contributed by atoms with Crippen LogP contribution in [-0.2, 0) is 11.3 Å². The van der Waals surface area contributed by atoms with Crippen LogP contribution in [0, 0.1) is 5.41 Å². The van der Waals surface area contributed by atoms with Gasteiger partial charge >= 0.3 is 0 Å². The number of hydrogen-bond donors (Lipinski definition) is 1. The fourth-order valence-electron chi connectivity index (χ4n) is 3.40. The van der Waals surface area contributed by atoms with Crippen LogP contribution in [0.3, 0.4) is 0 Å². The zero-order valence-electron chi connectivity index (χ0n) is 14.4. The van der Waals surface area contributed by atoms with Gasteiger partial charge in [-0.25, -0.2) is 0 Å². The predicted octanol–water partition coefficient (Wildman–Crippen LogP) is 2.72. The Bertz CT molecular complexity index is 746. The van der Waals surface area contributed by atoms with Crippen molar-refractivity contribution < 1.29 is 9.53 Å². The van der Waals surface area contributed by atoms with E-state index in [-0.39, 0.29) is 5.91 Å². The van der Waals surface area contributed by atoms with Gasteiger partial charge in [0.15, 0.2) is 0 Å². The highest BCUT2D eigenvalue weighted by Gasteiger charge is 2.36. The van der Waals surface area contributed by atoms with Crippen LogP contribution in [0.2, 0.25) is 0 Å². The molecule has 0 saturated carbocycles. The third kappa shape index (κ3) is 3.51. The highest BCUT2D eigenvalue weighted by atomic mass is 16.5. The summed E-state index contributed by atoms with van der Waals surface area (Å²) in [6.45, 7) is 7.02. The summed E-state index contributed by atoms with van der Waals surface area (Å²) < 4.78 is 5.53. The van der Waals surface area contributed by atoms with Crippen molar-refractivity contribution in [2.45, 2.75) is 33.2 Å². The van der Waals surface area contributed by atoms with Crippen LogP contribution < -0.4 is 10.5 Å². The Morgan fingerprint density at radius 1 is 1.38 bits per heavy atom. The van der Waals surface area contributed by atoms with E-state index in [4.69, 9.17) is 15.5 Å². The van der Waals surface area contributed by atoms with Crippen LogP contribution in [0.5, 0.6) is 5.75 Å². The lowest BCUT2D eigenvalue weighted by Crippen LogP contribution is -2.48. The Balaban J connectivity index is 1.75. The van der Waals surface area contributed by atoms with Crippen LogP contribution in [-0.4, -0.2) is 35.5 Å². The zero-order chi connectivity index (χ0) is 17.2. The van der Waals surface area contributed by atoms with Crippen molar-refractivity contribution in [3.8, 4) is 5.75 Å². The van der Waals surface area contributed by atoms with Crippen LogP contribution in [0.15, 0.2) is 30.3 Å². The maximum atomic E-state index is 11.7. The smallest absolute Gasteiger partial charge is 0.224 e. The molecule has 2 N–H and O–H groups in total. The molecule has 24 heavy (non-hydrogen) atoms. The van der Waals surface area contributed by atoms with Crippen molar-refractivity contribution in [2.75, 3.05) is 19.7 Å². The lowest BCUT2D eigenvalue weighted by Gasteiger charge is -2.38. The van der Waals surface area contributed by atoms with Gasteiger partial charge in [-0.15, -0.1) is 0 Å². The van der Waals surface area contributed by atoms with Crippen molar-refractivity contribution in [2.24, 2.45) is 11.1 Å². The van der Waals surface area contributed by atoms with E-state index in [9.17, 15) is 4.79 Å². The molecule has 0 unspecified atom stereocenters. The monoisotopic (exact) mass is 327 g/mol. The second-order valence-electron chi connectivity index (χ2n) is 6.83. The van der Waals surface area contributed by atoms with Gasteiger partial charge in [0.25, 0.3) is 0 Å². The average Bonchev–Trinajstić information content (AvgIpc) is 2.55. The number of piperidine rings is 1. The molecular formula is C19H25N3O2. The Labute approximate surface area is 142 Å². The van der Waals surface area contributed by atoms with Crippen LogP contribution in [0.1, 0.15) is 32.4 Å². The van der Waals surface area contributed by atoms with E-state index >= 15 is 0 Å². The third-order valence-electron chi connectivity index (χ3n) is 4.79. The standard InChI is InChI=1S/C19H25N3O2/c1-3-24-16-7-8-17-14(11-16)5-6-15(21-17)12-22-10-4-9-19(2,13-22)18(20)23/h5-8,11H,3-4,9-10,12-13H2,1-2H3,(H2,20,23)/t19-/m0/s1. The van der Waals surface area contributed by atoms with Crippen molar-refractivity contribution in [3.63, 3.8) is 0 Å². The second kappa shape index (κ2) is 6.77. The molecule has 1 atom stereocenters. The quantitative estimate of drug-likeness (QED) is 0.917. The van der Waals surface area contributed by atoms with Crippen molar-refractivity contribution in [1.82, 2.24) is 9.88 Å². The van der Waals surface area contributed by atoms with Gasteiger partial charge in [-0.3, -0.25) is 14.7 Å². The van der Waals surface area contributed by atoms with Gasteiger partial charge in [-0.05, 0) is 57.5 Å². The number of nitrogens with two attached hydrogens (primary N) is 1. The van der Waals surface area contributed by atoms with Gasteiger partial charge in [0.05, 0.1) is 23.2 Å². The number of hydrogen-bond acceptors (Lipinski definition) is 4. The summed E-state index contributed by atoms with van der Waals surface area (Å²) in [7, 11) is 0. The Kier molecular flexibility index (Phi) is 4.71. The van der Waals surface area contributed by atoms with Crippen molar-refractivity contribution >= 4 is 16.8 Å². The van der Waals surface area contributed by atoms with Gasteiger partial charge in [0.2, 0.25) is 5.91 Å². The number of aromatic nitrogens is 1. The normalized spacial score (nSPS) is 21.8. The summed E-state index contributed by atoms with van der Waals surface area (Å²) in [6.07, 6.45) is 1.86. The maximum Gasteiger partial charge on any atom is 0.224 e. The number of ether oxygens (including phenoxy) is 1. The summed E-state index contributed by atoms with van der Waals surface area (Å²) in [5.74, 6) is 0.662. The predicted molar refractivity (Wildman–Crippen MR) is 94.7 cm³/mol. The minimum absolute atomic E-state index is 0.206. The Morgan fingerprint density at radius 2 is 2.21 bits per heavy atom. The number of rotatable bonds is 5. The first-order valence-corrected chi connectivity index (χ1v) is 8.55. The van der Waals surface area contributed by atoms with E-state index in [2.05, 4.69) is 11.0 Å². The average molecular weight is 327 g/mol. The number of amides is 1. The minimum atomic E-state index is -0.429. The molecule has 1 aliphatic rings. The van der Waals surface area contributed by atoms with Gasteiger partial charge in [0.1, 0.15) is 5.75 Å². The van der Waals surface area contributed by atoms with E-state index in [0.29, 0.717) is 13.2 Å². The summed E-state index contributed by atoms with van der Waals surface area (Å²) in [5, 5.41) is 1.07. The highest BCUT2D eigenvalue weighted by Crippen LogP contribution is 2.30. The topological polar surface area (TPSA) is 68.4 Å². The summed E-state index contributed by atoms with van der Waals surface area (Å²) in [6, 6.07) is 10.1. The van der Waals surface area contributed by atoms with Crippen molar-refractivity contribution in [1.29, 1.82) is 0 Å².